The number of hydrogen-bond donors (Lipinski definition) is 0. The molecule has 8 heteroatoms. The van der Waals surface area contributed by atoms with Gasteiger partial charge in [-0.05, 0) is 32.9 Å². The van der Waals surface area contributed by atoms with Crippen molar-refractivity contribution in [3.8, 4) is 0 Å². The summed E-state index contributed by atoms with van der Waals surface area (Å²) < 4.78 is 1.35. The molecule has 0 N–H and O–H groups in total. The molecular weight excluding hydrogens is 286 g/mol. The number of hydrogen-bond acceptors (Lipinski definition) is 5. The average molecular weight is 307 g/mol. The van der Waals surface area contributed by atoms with E-state index in [1.165, 1.54) is 23.5 Å². The van der Waals surface area contributed by atoms with Crippen LogP contribution in [-0.2, 0) is 11.3 Å². The molecule has 22 heavy (non-hydrogen) atoms. The second-order valence-corrected chi connectivity index (χ2v) is 6.56. The fourth-order valence-corrected chi connectivity index (χ4v) is 3.68. The first-order valence-electron chi connectivity index (χ1n) is 7.61. The maximum Gasteiger partial charge on any atom is 0.307 e. The van der Waals surface area contributed by atoms with E-state index in [1.54, 1.807) is 0 Å². The van der Waals surface area contributed by atoms with Crippen molar-refractivity contribution in [3.05, 3.63) is 22.5 Å². The van der Waals surface area contributed by atoms with Crippen molar-refractivity contribution in [2.45, 2.75) is 25.8 Å². The minimum atomic E-state index is -0.502. The van der Waals surface area contributed by atoms with Crippen LogP contribution in [0, 0.1) is 15.5 Å². The molecule has 1 atom stereocenters. The third kappa shape index (κ3) is 2.96. The van der Waals surface area contributed by atoms with Crippen LogP contribution in [0.5, 0.6) is 0 Å². The van der Waals surface area contributed by atoms with Gasteiger partial charge >= 0.3 is 5.69 Å². The molecule has 2 saturated heterocycles. The molecule has 0 unspecified atom stereocenters. The van der Waals surface area contributed by atoms with Gasteiger partial charge in [0.2, 0.25) is 5.91 Å². The smallest absolute Gasteiger partial charge is 0.307 e. The highest BCUT2D eigenvalue weighted by atomic mass is 16.6. The zero-order valence-electron chi connectivity index (χ0n) is 12.8. The summed E-state index contributed by atoms with van der Waals surface area (Å²) in [5.74, 6) is -0.00775. The Morgan fingerprint density at radius 1 is 1.41 bits per heavy atom. The van der Waals surface area contributed by atoms with Gasteiger partial charge in [0.15, 0.2) is 0 Å². The molecule has 1 aromatic rings. The first-order chi connectivity index (χ1) is 10.5. The molecule has 3 rings (SSSR count). The summed E-state index contributed by atoms with van der Waals surface area (Å²) in [6.07, 6.45) is 5.82. The molecule has 0 aromatic carbocycles. The Kier molecular flexibility index (Phi) is 3.86. The highest BCUT2D eigenvalue weighted by molar-refractivity contribution is 5.76. The molecule has 1 aromatic heterocycles. The van der Waals surface area contributed by atoms with Gasteiger partial charge in [0, 0.05) is 25.0 Å². The molecule has 2 aliphatic rings. The summed E-state index contributed by atoms with van der Waals surface area (Å²) in [6, 6.07) is 0. The molecule has 1 amide bonds. The van der Waals surface area contributed by atoms with E-state index in [1.807, 2.05) is 4.90 Å². The molecular formula is C14H21N5O3. The second kappa shape index (κ2) is 5.68. The van der Waals surface area contributed by atoms with Crippen molar-refractivity contribution in [2.75, 3.05) is 33.2 Å². The van der Waals surface area contributed by atoms with Crippen LogP contribution in [0.4, 0.5) is 5.69 Å². The number of likely N-dealkylation sites (tertiary alicyclic amines) is 2. The molecule has 0 bridgehead atoms. The van der Waals surface area contributed by atoms with E-state index in [2.05, 4.69) is 17.0 Å². The minimum absolute atomic E-state index is 0.00775. The summed E-state index contributed by atoms with van der Waals surface area (Å²) in [5.41, 5.74) is 0.152. The Hall–Kier alpha value is -1.96. The van der Waals surface area contributed by atoms with Crippen LogP contribution in [0.2, 0.25) is 0 Å². The third-order valence-corrected chi connectivity index (χ3v) is 4.77. The fourth-order valence-electron chi connectivity index (χ4n) is 3.68. The number of carbonyl (C=O) groups is 1. The predicted molar refractivity (Wildman–Crippen MR) is 79.2 cm³/mol. The van der Waals surface area contributed by atoms with E-state index >= 15 is 0 Å². The Balaban J connectivity index is 1.63. The lowest BCUT2D eigenvalue weighted by Crippen LogP contribution is -2.48. The van der Waals surface area contributed by atoms with Gasteiger partial charge in [-0.15, -0.1) is 0 Å². The quantitative estimate of drug-likeness (QED) is 0.607. The topological polar surface area (TPSA) is 84.5 Å². The molecule has 120 valence electrons. The standard InChI is InChI=1S/C14H21N5O3/c1-16-6-4-14(10-16)3-2-5-17(11-14)13(20)9-18-8-12(7-15-18)19(21)22/h7-8H,2-6,9-11H2,1H3/t14-/m1/s1. The maximum atomic E-state index is 12.4. The lowest BCUT2D eigenvalue weighted by atomic mass is 9.79. The van der Waals surface area contributed by atoms with Crippen molar-refractivity contribution in [1.29, 1.82) is 0 Å². The number of carbonyl (C=O) groups excluding carboxylic acids is 1. The van der Waals surface area contributed by atoms with Gasteiger partial charge in [0.25, 0.3) is 0 Å². The number of nitrogens with zero attached hydrogens (tertiary/aromatic N) is 5. The average Bonchev–Trinajstić information content (AvgIpc) is 3.07. The molecule has 0 radical (unpaired) electrons. The predicted octanol–water partition coefficient (Wildman–Crippen LogP) is 0.736. The Bertz CT molecular complexity index is 583. The summed E-state index contributed by atoms with van der Waals surface area (Å²) >= 11 is 0. The summed E-state index contributed by atoms with van der Waals surface area (Å²) in [4.78, 5) is 26.8. The summed E-state index contributed by atoms with van der Waals surface area (Å²) in [6.45, 7) is 3.77. The number of aromatic nitrogens is 2. The van der Waals surface area contributed by atoms with Crippen LogP contribution < -0.4 is 0 Å². The lowest BCUT2D eigenvalue weighted by Gasteiger charge is -2.40. The van der Waals surface area contributed by atoms with Gasteiger partial charge in [0.05, 0.1) is 4.92 Å². The second-order valence-electron chi connectivity index (χ2n) is 6.56. The van der Waals surface area contributed by atoms with E-state index in [9.17, 15) is 14.9 Å². The van der Waals surface area contributed by atoms with Gasteiger partial charge in [-0.1, -0.05) is 0 Å². The van der Waals surface area contributed by atoms with Gasteiger partial charge in [-0.25, -0.2) is 0 Å². The van der Waals surface area contributed by atoms with Gasteiger partial charge in [-0.2, -0.15) is 5.10 Å². The van der Waals surface area contributed by atoms with Crippen molar-refractivity contribution >= 4 is 11.6 Å². The monoisotopic (exact) mass is 307 g/mol. The van der Waals surface area contributed by atoms with E-state index in [4.69, 9.17) is 0 Å². The number of amides is 1. The molecule has 0 saturated carbocycles. The first kappa shape index (κ1) is 15.0. The number of rotatable bonds is 3. The summed E-state index contributed by atoms with van der Waals surface area (Å²) in [7, 11) is 2.12. The zero-order chi connectivity index (χ0) is 15.7. The lowest BCUT2D eigenvalue weighted by molar-refractivity contribution is -0.385. The van der Waals surface area contributed by atoms with Crippen molar-refractivity contribution in [2.24, 2.45) is 5.41 Å². The van der Waals surface area contributed by atoms with Crippen molar-refractivity contribution in [3.63, 3.8) is 0 Å². The Labute approximate surface area is 128 Å². The Morgan fingerprint density at radius 3 is 2.86 bits per heavy atom. The van der Waals surface area contributed by atoms with Crippen LogP contribution in [0.25, 0.3) is 0 Å². The van der Waals surface area contributed by atoms with E-state index in [0.717, 1.165) is 39.0 Å². The van der Waals surface area contributed by atoms with Crippen molar-refractivity contribution in [1.82, 2.24) is 19.6 Å². The van der Waals surface area contributed by atoms with E-state index in [0.29, 0.717) is 0 Å². The Morgan fingerprint density at radius 2 is 2.23 bits per heavy atom. The van der Waals surface area contributed by atoms with E-state index < -0.39 is 4.92 Å². The van der Waals surface area contributed by atoms with E-state index in [-0.39, 0.29) is 23.6 Å². The third-order valence-electron chi connectivity index (χ3n) is 4.77. The first-order valence-corrected chi connectivity index (χ1v) is 7.61. The van der Waals surface area contributed by atoms with Crippen LogP contribution >= 0.6 is 0 Å². The van der Waals surface area contributed by atoms with Crippen LogP contribution in [-0.4, -0.2) is 63.6 Å². The molecule has 2 aliphatic heterocycles. The highest BCUT2D eigenvalue weighted by Gasteiger charge is 2.41. The molecule has 8 nitrogen and oxygen atoms in total. The maximum absolute atomic E-state index is 12.4. The van der Waals surface area contributed by atoms with Crippen LogP contribution in [0.3, 0.4) is 0 Å². The highest BCUT2D eigenvalue weighted by Crippen LogP contribution is 2.38. The minimum Gasteiger partial charge on any atom is -0.340 e. The number of piperidine rings is 1. The number of nitro groups is 1. The molecule has 0 aliphatic carbocycles. The van der Waals surface area contributed by atoms with Crippen LogP contribution in [0.1, 0.15) is 19.3 Å². The van der Waals surface area contributed by atoms with Gasteiger partial charge in [-0.3, -0.25) is 19.6 Å². The normalized spacial score (nSPS) is 25.8. The zero-order valence-corrected chi connectivity index (χ0v) is 12.8. The summed E-state index contributed by atoms with van der Waals surface area (Å²) in [5, 5.41) is 14.5. The molecule has 1 spiro atoms. The fraction of sp³-hybridized carbons (Fsp3) is 0.714. The molecule has 3 heterocycles. The van der Waals surface area contributed by atoms with Gasteiger partial charge < -0.3 is 9.80 Å². The molecule has 2 fully saturated rings. The SMILES string of the molecule is CN1CC[C@]2(CCCN(C(=O)Cn3cc([N+](=O)[O-])cn3)C2)C1. The largest absolute Gasteiger partial charge is 0.340 e. The van der Waals surface area contributed by atoms with Crippen LogP contribution in [0.15, 0.2) is 12.4 Å². The van der Waals surface area contributed by atoms with Crippen molar-refractivity contribution < 1.29 is 9.72 Å². The van der Waals surface area contributed by atoms with Gasteiger partial charge in [0.1, 0.15) is 18.9 Å².